The smallest absolute Gasteiger partial charge is 0.00165 e. The average molecular weight is 143 g/mol. The lowest BCUT2D eigenvalue weighted by atomic mass is 9.87. The first-order valence-electron chi connectivity index (χ1n) is 3.70. The van der Waals surface area contributed by atoms with Gasteiger partial charge in [-0.3, -0.25) is 0 Å². The predicted octanol–water partition coefficient (Wildman–Crippen LogP) is 1.10. The van der Waals surface area contributed by atoms with Crippen molar-refractivity contribution in [2.45, 2.75) is 12.8 Å². The maximum atomic E-state index is 3.44. The van der Waals surface area contributed by atoms with Crippen molar-refractivity contribution in [1.29, 1.82) is 0 Å². The standard InChI is InChI=1S/C7H13NS/c1-3-8-5-7(1)2-4-9-6-7/h8H,1-6H2/t7-/m1/s1. The molecule has 1 N–H and O–H groups in total. The summed E-state index contributed by atoms with van der Waals surface area (Å²) in [7, 11) is 0. The van der Waals surface area contributed by atoms with Crippen molar-refractivity contribution in [2.75, 3.05) is 24.6 Å². The van der Waals surface area contributed by atoms with Gasteiger partial charge in [0, 0.05) is 12.3 Å². The van der Waals surface area contributed by atoms with Gasteiger partial charge in [0.2, 0.25) is 0 Å². The highest BCUT2D eigenvalue weighted by molar-refractivity contribution is 7.99. The van der Waals surface area contributed by atoms with Gasteiger partial charge >= 0.3 is 0 Å². The zero-order chi connectivity index (χ0) is 6.16. The molecule has 2 fully saturated rings. The van der Waals surface area contributed by atoms with Crippen molar-refractivity contribution < 1.29 is 0 Å². The van der Waals surface area contributed by atoms with Gasteiger partial charge in [-0.1, -0.05) is 0 Å². The van der Waals surface area contributed by atoms with Crippen LogP contribution in [0.1, 0.15) is 12.8 Å². The van der Waals surface area contributed by atoms with E-state index in [0.29, 0.717) is 0 Å². The molecule has 1 nitrogen and oxygen atoms in total. The van der Waals surface area contributed by atoms with Crippen molar-refractivity contribution in [3.63, 3.8) is 0 Å². The fraction of sp³-hybridized carbons (Fsp3) is 1.00. The molecule has 0 aromatic carbocycles. The summed E-state index contributed by atoms with van der Waals surface area (Å²) < 4.78 is 0. The Hall–Kier alpha value is 0.310. The summed E-state index contributed by atoms with van der Waals surface area (Å²) in [5.74, 6) is 2.82. The van der Waals surface area contributed by atoms with Crippen molar-refractivity contribution in [2.24, 2.45) is 5.41 Å². The van der Waals surface area contributed by atoms with Crippen molar-refractivity contribution in [1.82, 2.24) is 5.32 Å². The number of thioether (sulfide) groups is 1. The second kappa shape index (κ2) is 2.17. The molecular formula is C7H13NS. The van der Waals surface area contributed by atoms with E-state index in [1.54, 1.807) is 0 Å². The highest BCUT2D eigenvalue weighted by Gasteiger charge is 2.36. The first-order valence-corrected chi connectivity index (χ1v) is 4.85. The Balaban J connectivity index is 2.04. The highest BCUT2D eigenvalue weighted by Crippen LogP contribution is 2.40. The molecule has 0 amide bonds. The Morgan fingerprint density at radius 3 is 2.89 bits per heavy atom. The Morgan fingerprint density at radius 1 is 1.33 bits per heavy atom. The van der Waals surface area contributed by atoms with Gasteiger partial charge < -0.3 is 5.32 Å². The van der Waals surface area contributed by atoms with Crippen LogP contribution in [0.25, 0.3) is 0 Å². The molecule has 9 heavy (non-hydrogen) atoms. The molecule has 0 bridgehead atoms. The monoisotopic (exact) mass is 143 g/mol. The van der Waals surface area contributed by atoms with Crippen molar-refractivity contribution in [3.8, 4) is 0 Å². The second-order valence-corrected chi connectivity index (χ2v) is 4.33. The highest BCUT2D eigenvalue weighted by atomic mass is 32.2. The van der Waals surface area contributed by atoms with Gasteiger partial charge in [-0.05, 0) is 30.6 Å². The first kappa shape index (κ1) is 6.05. The quantitative estimate of drug-likeness (QED) is 0.545. The molecular weight excluding hydrogens is 130 g/mol. The van der Waals surface area contributed by atoms with Gasteiger partial charge in [-0.15, -0.1) is 0 Å². The lowest BCUT2D eigenvalue weighted by Gasteiger charge is -2.18. The molecule has 2 aliphatic heterocycles. The SMILES string of the molecule is C1C[C@@]2(CCSC2)CN1. The summed E-state index contributed by atoms with van der Waals surface area (Å²) in [6.07, 6.45) is 2.89. The van der Waals surface area contributed by atoms with E-state index in [-0.39, 0.29) is 0 Å². The van der Waals surface area contributed by atoms with Crippen LogP contribution in [-0.2, 0) is 0 Å². The summed E-state index contributed by atoms with van der Waals surface area (Å²) in [6, 6.07) is 0. The van der Waals surface area contributed by atoms with Crippen LogP contribution < -0.4 is 5.32 Å². The lowest BCUT2D eigenvalue weighted by Crippen LogP contribution is -2.22. The van der Waals surface area contributed by atoms with E-state index in [4.69, 9.17) is 0 Å². The molecule has 52 valence electrons. The Bertz CT molecular complexity index is 84.0. The van der Waals surface area contributed by atoms with Crippen LogP contribution in [-0.4, -0.2) is 24.6 Å². The van der Waals surface area contributed by atoms with Crippen molar-refractivity contribution >= 4 is 11.8 Å². The molecule has 2 aliphatic rings. The molecule has 0 aromatic rings. The topological polar surface area (TPSA) is 12.0 Å². The summed E-state index contributed by atoms with van der Waals surface area (Å²) in [4.78, 5) is 0. The van der Waals surface area contributed by atoms with Gasteiger partial charge in [0.1, 0.15) is 0 Å². The van der Waals surface area contributed by atoms with Crippen LogP contribution in [0, 0.1) is 5.41 Å². The number of nitrogens with one attached hydrogen (secondary N) is 1. The maximum Gasteiger partial charge on any atom is 0.00165 e. The van der Waals surface area contributed by atoms with Crippen molar-refractivity contribution in [3.05, 3.63) is 0 Å². The van der Waals surface area contributed by atoms with E-state index < -0.39 is 0 Å². The van der Waals surface area contributed by atoms with Gasteiger partial charge in [0.05, 0.1) is 0 Å². The van der Waals surface area contributed by atoms with Gasteiger partial charge in [0.25, 0.3) is 0 Å². The fourth-order valence-corrected chi connectivity index (χ4v) is 3.33. The molecule has 0 saturated carbocycles. The Labute approximate surface area is 60.6 Å². The third-order valence-electron chi connectivity index (χ3n) is 2.52. The minimum absolute atomic E-state index is 0.741. The minimum Gasteiger partial charge on any atom is -0.316 e. The molecule has 2 saturated heterocycles. The molecule has 2 heteroatoms. The summed E-state index contributed by atoms with van der Waals surface area (Å²) in [5.41, 5.74) is 0.741. The number of hydrogen-bond donors (Lipinski definition) is 1. The minimum atomic E-state index is 0.741. The third-order valence-corrected chi connectivity index (χ3v) is 3.83. The van der Waals surface area contributed by atoms with E-state index in [1.165, 1.54) is 37.4 Å². The van der Waals surface area contributed by atoms with Crippen LogP contribution in [0.5, 0.6) is 0 Å². The summed E-state index contributed by atoms with van der Waals surface area (Å²) in [6.45, 7) is 2.56. The van der Waals surface area contributed by atoms with Gasteiger partial charge in [-0.2, -0.15) is 11.8 Å². The normalized spacial score (nSPS) is 42.7. The zero-order valence-corrected chi connectivity index (χ0v) is 6.47. The molecule has 2 rings (SSSR count). The first-order chi connectivity index (χ1) is 4.41. The molecule has 1 spiro atoms. The number of hydrogen-bond acceptors (Lipinski definition) is 2. The predicted molar refractivity (Wildman–Crippen MR) is 41.9 cm³/mol. The second-order valence-electron chi connectivity index (χ2n) is 3.23. The van der Waals surface area contributed by atoms with Crippen LogP contribution in [0.4, 0.5) is 0 Å². The molecule has 0 aromatic heterocycles. The Morgan fingerprint density at radius 2 is 2.33 bits per heavy atom. The van der Waals surface area contributed by atoms with E-state index in [1.807, 2.05) is 0 Å². The lowest BCUT2D eigenvalue weighted by molar-refractivity contribution is 0.379. The number of rotatable bonds is 0. The molecule has 0 unspecified atom stereocenters. The van der Waals surface area contributed by atoms with Gasteiger partial charge in [0.15, 0.2) is 0 Å². The van der Waals surface area contributed by atoms with Gasteiger partial charge in [-0.25, -0.2) is 0 Å². The van der Waals surface area contributed by atoms with E-state index in [0.717, 1.165) is 5.41 Å². The van der Waals surface area contributed by atoms with Crippen LogP contribution >= 0.6 is 11.8 Å². The Kier molecular flexibility index (Phi) is 1.46. The van der Waals surface area contributed by atoms with E-state index in [2.05, 4.69) is 17.1 Å². The van der Waals surface area contributed by atoms with E-state index >= 15 is 0 Å². The molecule has 0 aliphatic carbocycles. The average Bonchev–Trinajstić information content (AvgIpc) is 2.45. The van der Waals surface area contributed by atoms with Crippen LogP contribution in [0.15, 0.2) is 0 Å². The molecule has 1 atom stereocenters. The van der Waals surface area contributed by atoms with E-state index in [9.17, 15) is 0 Å². The molecule has 0 radical (unpaired) electrons. The summed E-state index contributed by atoms with van der Waals surface area (Å²) >= 11 is 2.13. The van der Waals surface area contributed by atoms with Crippen LogP contribution in [0.2, 0.25) is 0 Å². The zero-order valence-electron chi connectivity index (χ0n) is 5.65. The van der Waals surface area contributed by atoms with Crippen LogP contribution in [0.3, 0.4) is 0 Å². The summed E-state index contributed by atoms with van der Waals surface area (Å²) in [5, 5.41) is 3.44. The largest absolute Gasteiger partial charge is 0.316 e. The molecule has 2 heterocycles. The maximum absolute atomic E-state index is 3.44. The third kappa shape index (κ3) is 0.987. The fourth-order valence-electron chi connectivity index (χ4n) is 1.78.